The van der Waals surface area contributed by atoms with E-state index in [9.17, 15) is 9.59 Å². The van der Waals surface area contributed by atoms with Crippen molar-refractivity contribution in [3.8, 4) is 0 Å². The summed E-state index contributed by atoms with van der Waals surface area (Å²) in [5, 5.41) is 3.54. The summed E-state index contributed by atoms with van der Waals surface area (Å²) >= 11 is 5.88. The number of hydrogen-bond acceptors (Lipinski definition) is 3. The van der Waals surface area contributed by atoms with Gasteiger partial charge >= 0.3 is 0 Å². The molecule has 1 aromatic carbocycles. The summed E-state index contributed by atoms with van der Waals surface area (Å²) in [6.07, 6.45) is 1.46. The first kappa shape index (κ1) is 18.7. The Morgan fingerprint density at radius 1 is 1.29 bits per heavy atom. The van der Waals surface area contributed by atoms with E-state index in [2.05, 4.69) is 24.1 Å². The van der Waals surface area contributed by atoms with Gasteiger partial charge in [0.1, 0.15) is 5.92 Å². The minimum atomic E-state index is -0.575. The SMILES string of the molecule is CCN(CC)CCCNC(=O)[C@H]1CCN(c2ccc(Cl)cc2)C1=O. The predicted octanol–water partition coefficient (Wildman–Crippen LogP) is 2.54. The van der Waals surface area contributed by atoms with Gasteiger partial charge in [-0.3, -0.25) is 9.59 Å². The number of rotatable bonds is 8. The zero-order chi connectivity index (χ0) is 17.5. The number of nitrogens with one attached hydrogen (secondary N) is 1. The predicted molar refractivity (Wildman–Crippen MR) is 97.3 cm³/mol. The van der Waals surface area contributed by atoms with Crippen molar-refractivity contribution in [1.29, 1.82) is 0 Å². The van der Waals surface area contributed by atoms with Crippen LogP contribution in [-0.4, -0.2) is 49.4 Å². The Labute approximate surface area is 149 Å². The summed E-state index contributed by atoms with van der Waals surface area (Å²) in [4.78, 5) is 28.7. The molecular weight excluding hydrogens is 326 g/mol. The van der Waals surface area contributed by atoms with Crippen molar-refractivity contribution in [1.82, 2.24) is 10.2 Å². The topological polar surface area (TPSA) is 52.7 Å². The number of carbonyl (C=O) groups excluding carboxylic acids is 2. The molecule has 0 saturated carbocycles. The van der Waals surface area contributed by atoms with Crippen molar-refractivity contribution in [2.75, 3.05) is 37.6 Å². The summed E-state index contributed by atoms with van der Waals surface area (Å²) in [5.41, 5.74) is 0.793. The van der Waals surface area contributed by atoms with E-state index in [1.165, 1.54) is 0 Å². The molecule has 24 heavy (non-hydrogen) atoms. The van der Waals surface area contributed by atoms with Crippen LogP contribution in [0.4, 0.5) is 5.69 Å². The fourth-order valence-corrected chi connectivity index (χ4v) is 3.10. The third-order valence-electron chi connectivity index (χ3n) is 4.51. The number of benzene rings is 1. The Hall–Kier alpha value is -1.59. The smallest absolute Gasteiger partial charge is 0.239 e. The standard InChI is InChI=1S/C18H26ClN3O2/c1-3-21(4-2)12-5-11-20-17(23)16-10-13-22(18(16)24)15-8-6-14(19)7-9-15/h6-9,16H,3-5,10-13H2,1-2H3,(H,20,23)/t16-/m1/s1. The maximum atomic E-state index is 12.5. The van der Waals surface area contributed by atoms with Crippen LogP contribution in [0.2, 0.25) is 5.02 Å². The molecule has 0 unspecified atom stereocenters. The highest BCUT2D eigenvalue weighted by Crippen LogP contribution is 2.26. The van der Waals surface area contributed by atoms with Crippen LogP contribution in [0, 0.1) is 5.92 Å². The highest BCUT2D eigenvalue weighted by Gasteiger charge is 2.37. The van der Waals surface area contributed by atoms with E-state index >= 15 is 0 Å². The molecule has 1 aliphatic rings. The molecule has 2 amide bonds. The highest BCUT2D eigenvalue weighted by molar-refractivity contribution is 6.30. The lowest BCUT2D eigenvalue weighted by atomic mass is 10.1. The van der Waals surface area contributed by atoms with E-state index < -0.39 is 5.92 Å². The van der Waals surface area contributed by atoms with Crippen molar-refractivity contribution < 1.29 is 9.59 Å². The fraction of sp³-hybridized carbons (Fsp3) is 0.556. The zero-order valence-corrected chi connectivity index (χ0v) is 15.2. The van der Waals surface area contributed by atoms with Gasteiger partial charge < -0.3 is 15.1 Å². The van der Waals surface area contributed by atoms with Crippen LogP contribution in [0.25, 0.3) is 0 Å². The molecule has 1 heterocycles. The van der Waals surface area contributed by atoms with Gasteiger partial charge in [0.15, 0.2) is 0 Å². The van der Waals surface area contributed by atoms with Crippen molar-refractivity contribution in [3.05, 3.63) is 29.3 Å². The highest BCUT2D eigenvalue weighted by atomic mass is 35.5. The Kier molecular flexibility index (Phi) is 7.06. The first-order chi connectivity index (χ1) is 11.6. The molecule has 1 atom stereocenters. The molecule has 5 nitrogen and oxygen atoms in total. The lowest BCUT2D eigenvalue weighted by molar-refractivity contribution is -0.132. The van der Waals surface area contributed by atoms with Gasteiger partial charge in [-0.1, -0.05) is 25.4 Å². The molecule has 1 aliphatic heterocycles. The number of amides is 2. The molecule has 1 aromatic rings. The van der Waals surface area contributed by atoms with Crippen LogP contribution in [0.15, 0.2) is 24.3 Å². The monoisotopic (exact) mass is 351 g/mol. The number of nitrogens with zero attached hydrogens (tertiary/aromatic N) is 2. The van der Waals surface area contributed by atoms with E-state index in [0.29, 0.717) is 24.5 Å². The largest absolute Gasteiger partial charge is 0.355 e. The van der Waals surface area contributed by atoms with Gasteiger partial charge in [0.25, 0.3) is 0 Å². The van der Waals surface area contributed by atoms with Crippen molar-refractivity contribution in [2.45, 2.75) is 26.7 Å². The minimum Gasteiger partial charge on any atom is -0.355 e. The molecule has 132 valence electrons. The van der Waals surface area contributed by atoms with Crippen LogP contribution in [-0.2, 0) is 9.59 Å². The van der Waals surface area contributed by atoms with Gasteiger partial charge in [-0.2, -0.15) is 0 Å². The third kappa shape index (κ3) is 4.71. The molecule has 0 radical (unpaired) electrons. The van der Waals surface area contributed by atoms with E-state index in [-0.39, 0.29) is 11.8 Å². The second-order valence-electron chi connectivity index (χ2n) is 5.98. The molecule has 2 rings (SSSR count). The maximum Gasteiger partial charge on any atom is 0.239 e. The van der Waals surface area contributed by atoms with Crippen LogP contribution < -0.4 is 10.2 Å². The first-order valence-electron chi connectivity index (χ1n) is 8.63. The van der Waals surface area contributed by atoms with E-state index in [1.807, 2.05) is 12.1 Å². The van der Waals surface area contributed by atoms with Crippen molar-refractivity contribution in [2.24, 2.45) is 5.92 Å². The molecule has 0 spiro atoms. The number of carbonyl (C=O) groups is 2. The Morgan fingerprint density at radius 2 is 1.96 bits per heavy atom. The number of hydrogen-bond donors (Lipinski definition) is 1. The summed E-state index contributed by atoms with van der Waals surface area (Å²) in [7, 11) is 0. The molecule has 0 aliphatic carbocycles. The van der Waals surface area contributed by atoms with Gasteiger partial charge in [-0.15, -0.1) is 0 Å². The molecule has 6 heteroatoms. The Morgan fingerprint density at radius 3 is 2.58 bits per heavy atom. The van der Waals surface area contributed by atoms with E-state index in [4.69, 9.17) is 11.6 Å². The van der Waals surface area contributed by atoms with Gasteiger partial charge in [0, 0.05) is 23.8 Å². The average molecular weight is 352 g/mol. The maximum absolute atomic E-state index is 12.5. The van der Waals surface area contributed by atoms with Gasteiger partial charge in [-0.25, -0.2) is 0 Å². The minimum absolute atomic E-state index is 0.126. The normalized spacial score (nSPS) is 17.6. The van der Waals surface area contributed by atoms with Crippen molar-refractivity contribution in [3.63, 3.8) is 0 Å². The molecule has 0 bridgehead atoms. The van der Waals surface area contributed by atoms with Crippen LogP contribution in [0.3, 0.4) is 0 Å². The van der Waals surface area contributed by atoms with E-state index in [0.717, 1.165) is 31.7 Å². The van der Waals surface area contributed by atoms with Crippen LogP contribution >= 0.6 is 11.6 Å². The molecule has 1 saturated heterocycles. The lowest BCUT2D eigenvalue weighted by Gasteiger charge is -2.18. The second kappa shape index (κ2) is 9.04. The molecule has 1 N–H and O–H groups in total. The van der Waals surface area contributed by atoms with Crippen molar-refractivity contribution >= 4 is 29.1 Å². The molecular formula is C18H26ClN3O2. The Bertz CT molecular complexity index is 558. The third-order valence-corrected chi connectivity index (χ3v) is 4.76. The quantitative estimate of drug-likeness (QED) is 0.578. The fourth-order valence-electron chi connectivity index (χ4n) is 2.98. The first-order valence-corrected chi connectivity index (χ1v) is 9.01. The zero-order valence-electron chi connectivity index (χ0n) is 14.4. The molecule has 1 fully saturated rings. The number of halogens is 1. The Balaban J connectivity index is 1.81. The second-order valence-corrected chi connectivity index (χ2v) is 6.42. The lowest BCUT2D eigenvalue weighted by Crippen LogP contribution is -2.38. The van der Waals surface area contributed by atoms with Crippen LogP contribution in [0.5, 0.6) is 0 Å². The van der Waals surface area contributed by atoms with Gasteiger partial charge in [-0.05, 0) is 56.7 Å². The number of anilines is 1. The summed E-state index contributed by atoms with van der Waals surface area (Å²) in [6, 6.07) is 7.13. The molecule has 0 aromatic heterocycles. The van der Waals surface area contributed by atoms with E-state index in [1.54, 1.807) is 17.0 Å². The summed E-state index contributed by atoms with van der Waals surface area (Å²) in [5.74, 6) is -0.858. The van der Waals surface area contributed by atoms with Crippen LogP contribution in [0.1, 0.15) is 26.7 Å². The van der Waals surface area contributed by atoms with Gasteiger partial charge in [0.2, 0.25) is 11.8 Å². The average Bonchev–Trinajstić information content (AvgIpc) is 2.97. The summed E-state index contributed by atoms with van der Waals surface area (Å²) in [6.45, 7) is 8.43. The van der Waals surface area contributed by atoms with Gasteiger partial charge in [0.05, 0.1) is 0 Å². The summed E-state index contributed by atoms with van der Waals surface area (Å²) < 4.78 is 0.